The number of nitrogens with zero attached hydrogens (tertiary/aromatic N) is 1. The molecule has 2 aromatic rings. The summed E-state index contributed by atoms with van der Waals surface area (Å²) in [5.74, 6) is 0.0660. The second-order valence-electron chi connectivity index (χ2n) is 5.92. The van der Waals surface area contributed by atoms with Gasteiger partial charge in [0, 0.05) is 11.1 Å². The van der Waals surface area contributed by atoms with E-state index >= 15 is 0 Å². The largest absolute Gasteiger partial charge is 0.497 e. The first-order valence-corrected chi connectivity index (χ1v) is 8.16. The third-order valence-electron chi connectivity index (χ3n) is 4.44. The smallest absolute Gasteiger partial charge is 0.274 e. The zero-order chi connectivity index (χ0) is 18.0. The van der Waals surface area contributed by atoms with Crippen LogP contribution in [0.4, 0.5) is 5.69 Å². The predicted octanol–water partition coefficient (Wildman–Crippen LogP) is 3.32. The van der Waals surface area contributed by atoms with Gasteiger partial charge in [-0.25, -0.2) is 5.48 Å². The summed E-state index contributed by atoms with van der Waals surface area (Å²) >= 11 is 0. The van der Waals surface area contributed by atoms with Crippen molar-refractivity contribution in [3.05, 3.63) is 59.2 Å². The Bertz CT molecular complexity index is 802. The molecule has 1 atom stereocenters. The van der Waals surface area contributed by atoms with E-state index in [-0.39, 0.29) is 11.9 Å². The van der Waals surface area contributed by atoms with Crippen LogP contribution < -0.4 is 15.1 Å². The minimum Gasteiger partial charge on any atom is -0.497 e. The van der Waals surface area contributed by atoms with E-state index in [2.05, 4.69) is 6.92 Å². The van der Waals surface area contributed by atoms with Crippen molar-refractivity contribution in [1.29, 1.82) is 0 Å². The Labute approximate surface area is 146 Å². The molecule has 0 spiro atoms. The third kappa shape index (κ3) is 2.96. The number of ether oxygens (including phenoxy) is 1. The van der Waals surface area contributed by atoms with E-state index in [0.717, 1.165) is 24.1 Å². The SMILES string of the molecule is CCCC1c2cc(C(=O)NO)ccc2N1C(=O)c1ccc(OC)cc1. The maximum atomic E-state index is 12.9. The molecule has 3 rings (SSSR count). The fraction of sp³-hybridized carbons (Fsp3) is 0.263. The van der Waals surface area contributed by atoms with Gasteiger partial charge in [-0.15, -0.1) is 0 Å². The molecule has 25 heavy (non-hydrogen) atoms. The van der Waals surface area contributed by atoms with Gasteiger partial charge in [0.1, 0.15) is 5.75 Å². The Morgan fingerprint density at radius 1 is 1.16 bits per heavy atom. The standard InChI is InChI=1S/C19H20N2O4/c1-3-4-16-15-11-13(18(22)20-24)7-10-17(15)21(16)19(23)12-5-8-14(25-2)9-6-12/h5-11,16,24H,3-4H2,1-2H3,(H,20,22). The van der Waals surface area contributed by atoms with Crippen LogP contribution in [0.1, 0.15) is 52.1 Å². The first-order chi connectivity index (χ1) is 12.1. The molecule has 0 fully saturated rings. The molecule has 6 heteroatoms. The highest BCUT2D eigenvalue weighted by Gasteiger charge is 2.39. The van der Waals surface area contributed by atoms with Crippen LogP contribution in [0.15, 0.2) is 42.5 Å². The van der Waals surface area contributed by atoms with Crippen LogP contribution in [0.3, 0.4) is 0 Å². The Morgan fingerprint density at radius 2 is 1.84 bits per heavy atom. The number of nitrogens with one attached hydrogen (secondary N) is 1. The van der Waals surface area contributed by atoms with E-state index in [1.807, 2.05) is 0 Å². The van der Waals surface area contributed by atoms with Crippen LogP contribution in [0, 0.1) is 0 Å². The molecule has 2 amide bonds. The minimum absolute atomic E-state index is 0.0685. The highest BCUT2D eigenvalue weighted by molar-refractivity contribution is 6.10. The molecule has 0 aliphatic carbocycles. The van der Waals surface area contributed by atoms with Gasteiger partial charge < -0.3 is 9.64 Å². The lowest BCUT2D eigenvalue weighted by molar-refractivity contribution is 0.0706. The lowest BCUT2D eigenvalue weighted by Gasteiger charge is -2.43. The van der Waals surface area contributed by atoms with Crippen LogP contribution >= 0.6 is 0 Å². The average molecular weight is 340 g/mol. The molecule has 6 nitrogen and oxygen atoms in total. The summed E-state index contributed by atoms with van der Waals surface area (Å²) in [7, 11) is 1.58. The van der Waals surface area contributed by atoms with Crippen molar-refractivity contribution in [3.63, 3.8) is 0 Å². The summed E-state index contributed by atoms with van der Waals surface area (Å²) in [5, 5.41) is 8.79. The molecule has 2 N–H and O–H groups in total. The number of amides is 2. The first-order valence-electron chi connectivity index (χ1n) is 8.16. The lowest BCUT2D eigenvalue weighted by atomic mass is 9.87. The zero-order valence-electron chi connectivity index (χ0n) is 14.2. The normalized spacial score (nSPS) is 15.2. The molecule has 0 radical (unpaired) electrons. The van der Waals surface area contributed by atoms with Crippen molar-refractivity contribution in [1.82, 2.24) is 5.48 Å². The molecule has 0 saturated carbocycles. The molecule has 1 aliphatic heterocycles. The summed E-state index contributed by atoms with van der Waals surface area (Å²) in [5.41, 5.74) is 4.35. The summed E-state index contributed by atoms with van der Waals surface area (Å²) < 4.78 is 5.13. The summed E-state index contributed by atoms with van der Waals surface area (Å²) in [6, 6.07) is 12.0. The van der Waals surface area contributed by atoms with Gasteiger partial charge in [0.25, 0.3) is 11.8 Å². The highest BCUT2D eigenvalue weighted by Crippen LogP contribution is 2.46. The zero-order valence-corrected chi connectivity index (χ0v) is 14.2. The van der Waals surface area contributed by atoms with Crippen molar-refractivity contribution in [3.8, 4) is 5.75 Å². The summed E-state index contributed by atoms with van der Waals surface area (Å²) in [6.45, 7) is 2.05. The topological polar surface area (TPSA) is 78.9 Å². The molecule has 1 aliphatic rings. The Hall–Kier alpha value is -2.86. The maximum Gasteiger partial charge on any atom is 0.274 e. The molecule has 0 bridgehead atoms. The molecule has 2 aromatic carbocycles. The minimum atomic E-state index is -0.557. The quantitative estimate of drug-likeness (QED) is 0.646. The van der Waals surface area contributed by atoms with E-state index in [9.17, 15) is 9.59 Å². The van der Waals surface area contributed by atoms with Crippen LogP contribution in [-0.4, -0.2) is 24.1 Å². The molecule has 1 unspecified atom stereocenters. The average Bonchev–Trinajstić information content (AvgIpc) is 2.65. The Kier molecular flexibility index (Phi) is 4.72. The number of hydrogen-bond donors (Lipinski definition) is 2. The van der Waals surface area contributed by atoms with Gasteiger partial charge in [0.15, 0.2) is 0 Å². The Morgan fingerprint density at radius 3 is 2.44 bits per heavy atom. The number of hydroxylamine groups is 1. The van der Waals surface area contributed by atoms with Crippen molar-refractivity contribution in [2.24, 2.45) is 0 Å². The molecule has 0 aromatic heterocycles. The second kappa shape index (κ2) is 6.94. The lowest BCUT2D eigenvalue weighted by Crippen LogP contribution is -2.43. The van der Waals surface area contributed by atoms with Crippen LogP contribution in [0.5, 0.6) is 5.75 Å². The monoisotopic (exact) mass is 340 g/mol. The van der Waals surface area contributed by atoms with Crippen LogP contribution in [0.2, 0.25) is 0 Å². The number of hydrogen-bond acceptors (Lipinski definition) is 4. The van der Waals surface area contributed by atoms with E-state index in [1.165, 1.54) is 0 Å². The number of fused-ring (bicyclic) bond motifs is 1. The molecule has 130 valence electrons. The van der Waals surface area contributed by atoms with E-state index in [1.54, 1.807) is 60.0 Å². The Balaban J connectivity index is 1.92. The molecular formula is C19H20N2O4. The maximum absolute atomic E-state index is 12.9. The molecular weight excluding hydrogens is 320 g/mol. The number of methoxy groups -OCH3 is 1. The van der Waals surface area contributed by atoms with Gasteiger partial charge in [0.2, 0.25) is 0 Å². The van der Waals surface area contributed by atoms with Gasteiger partial charge in [-0.1, -0.05) is 13.3 Å². The van der Waals surface area contributed by atoms with Gasteiger partial charge in [-0.2, -0.15) is 0 Å². The fourth-order valence-corrected chi connectivity index (χ4v) is 3.17. The third-order valence-corrected chi connectivity index (χ3v) is 4.44. The van der Waals surface area contributed by atoms with Crippen LogP contribution in [0.25, 0.3) is 0 Å². The van der Waals surface area contributed by atoms with Crippen molar-refractivity contribution < 1.29 is 19.5 Å². The van der Waals surface area contributed by atoms with Crippen LogP contribution in [-0.2, 0) is 0 Å². The first kappa shape index (κ1) is 17.0. The van der Waals surface area contributed by atoms with E-state index < -0.39 is 5.91 Å². The molecule has 0 saturated heterocycles. The summed E-state index contributed by atoms with van der Waals surface area (Å²) in [6.07, 6.45) is 1.71. The van der Waals surface area contributed by atoms with E-state index in [4.69, 9.17) is 9.94 Å². The number of benzene rings is 2. The van der Waals surface area contributed by atoms with Crippen molar-refractivity contribution >= 4 is 17.5 Å². The highest BCUT2D eigenvalue weighted by atomic mass is 16.5. The second-order valence-corrected chi connectivity index (χ2v) is 5.92. The van der Waals surface area contributed by atoms with Gasteiger partial charge in [-0.3, -0.25) is 14.8 Å². The fourth-order valence-electron chi connectivity index (χ4n) is 3.17. The van der Waals surface area contributed by atoms with E-state index in [0.29, 0.717) is 16.9 Å². The van der Waals surface area contributed by atoms with Gasteiger partial charge >= 0.3 is 0 Å². The molecule has 1 heterocycles. The number of carbonyl (C=O) groups is 2. The van der Waals surface area contributed by atoms with Crippen molar-refractivity contribution in [2.45, 2.75) is 25.8 Å². The van der Waals surface area contributed by atoms with Gasteiger partial charge in [-0.05, 0) is 54.4 Å². The van der Waals surface area contributed by atoms with Crippen molar-refractivity contribution in [2.75, 3.05) is 12.0 Å². The number of rotatable bonds is 5. The summed E-state index contributed by atoms with van der Waals surface area (Å²) in [4.78, 5) is 26.3. The van der Waals surface area contributed by atoms with Gasteiger partial charge in [0.05, 0.1) is 18.8 Å². The number of carbonyl (C=O) groups excluding carboxylic acids is 2. The predicted molar refractivity (Wildman–Crippen MR) is 93.1 cm³/mol. The number of anilines is 1.